The Morgan fingerprint density at radius 1 is 0.857 bits per heavy atom. The van der Waals surface area contributed by atoms with Gasteiger partial charge in [-0.15, -0.1) is 10.2 Å². The number of nitrogens with zero attached hydrogens (tertiary/aromatic N) is 3. The summed E-state index contributed by atoms with van der Waals surface area (Å²) in [5.74, 6) is 0.426. The van der Waals surface area contributed by atoms with Gasteiger partial charge in [-0.05, 0) is 68.3 Å². The number of carbonyl (C=O) groups excluding carboxylic acids is 2. The number of carbonyl (C=O) groups is 2. The highest BCUT2D eigenvalue weighted by atomic mass is 32.2. The van der Waals surface area contributed by atoms with E-state index in [4.69, 9.17) is 0 Å². The lowest BCUT2D eigenvalue weighted by molar-refractivity contribution is -0.115. The van der Waals surface area contributed by atoms with E-state index in [2.05, 4.69) is 20.8 Å². The molecule has 35 heavy (non-hydrogen) atoms. The molecule has 1 atom stereocenters. The molecule has 4 rings (SSSR count). The van der Waals surface area contributed by atoms with Gasteiger partial charge in [0.1, 0.15) is 0 Å². The number of benzene rings is 3. The Morgan fingerprint density at radius 3 is 2.17 bits per heavy atom. The first-order valence-electron chi connectivity index (χ1n) is 11.2. The lowest BCUT2D eigenvalue weighted by Gasteiger charge is -2.15. The first-order valence-corrected chi connectivity index (χ1v) is 12.1. The summed E-state index contributed by atoms with van der Waals surface area (Å²) in [6.07, 6.45) is 0. The van der Waals surface area contributed by atoms with Crippen LogP contribution in [0.5, 0.6) is 0 Å². The number of hydrogen-bond donors (Lipinski definition) is 2. The predicted octanol–water partition coefficient (Wildman–Crippen LogP) is 5.47. The second-order valence-electron chi connectivity index (χ2n) is 8.28. The van der Waals surface area contributed by atoms with E-state index in [0.717, 1.165) is 22.4 Å². The maximum atomic E-state index is 12.8. The van der Waals surface area contributed by atoms with Crippen molar-refractivity contribution in [2.45, 2.75) is 31.2 Å². The summed E-state index contributed by atoms with van der Waals surface area (Å²) in [6.45, 7) is 5.81. The number of rotatable bonds is 7. The highest BCUT2D eigenvalue weighted by Gasteiger charge is 2.20. The Kier molecular flexibility index (Phi) is 7.31. The lowest BCUT2D eigenvalue weighted by Crippen LogP contribution is -2.23. The molecule has 2 N–H and O–H groups in total. The van der Waals surface area contributed by atoms with Crippen molar-refractivity contribution >= 4 is 35.0 Å². The van der Waals surface area contributed by atoms with Crippen molar-refractivity contribution in [2.24, 2.45) is 7.05 Å². The van der Waals surface area contributed by atoms with Crippen molar-refractivity contribution < 1.29 is 9.59 Å². The fourth-order valence-corrected chi connectivity index (χ4v) is 4.43. The molecule has 0 radical (unpaired) electrons. The SMILES string of the molecule is Cc1cccc(C)c1NC(=O)C(C)Sc1nnc(-c2ccc(NC(=O)c3ccccc3)cc2)n1C. The number of nitrogens with one attached hydrogen (secondary N) is 2. The molecule has 1 heterocycles. The topological polar surface area (TPSA) is 88.9 Å². The summed E-state index contributed by atoms with van der Waals surface area (Å²) >= 11 is 1.35. The number of amides is 2. The van der Waals surface area contributed by atoms with E-state index < -0.39 is 0 Å². The van der Waals surface area contributed by atoms with Gasteiger partial charge in [0.2, 0.25) is 5.91 Å². The molecule has 8 heteroatoms. The van der Waals surface area contributed by atoms with Crippen LogP contribution >= 0.6 is 11.8 Å². The molecule has 3 aromatic carbocycles. The Labute approximate surface area is 209 Å². The Hall–Kier alpha value is -3.91. The van der Waals surface area contributed by atoms with E-state index in [0.29, 0.717) is 22.2 Å². The van der Waals surface area contributed by atoms with Crippen LogP contribution in [0.25, 0.3) is 11.4 Å². The maximum absolute atomic E-state index is 12.8. The van der Waals surface area contributed by atoms with E-state index >= 15 is 0 Å². The fraction of sp³-hybridized carbons (Fsp3) is 0.185. The van der Waals surface area contributed by atoms with Gasteiger partial charge in [0.15, 0.2) is 11.0 Å². The van der Waals surface area contributed by atoms with Gasteiger partial charge in [0.05, 0.1) is 5.25 Å². The minimum atomic E-state index is -0.361. The number of aromatic nitrogens is 3. The molecule has 178 valence electrons. The number of hydrogen-bond acceptors (Lipinski definition) is 5. The van der Waals surface area contributed by atoms with Crippen molar-refractivity contribution in [3.63, 3.8) is 0 Å². The van der Waals surface area contributed by atoms with Gasteiger partial charge in [0, 0.05) is 29.5 Å². The molecule has 4 aromatic rings. The highest BCUT2D eigenvalue weighted by Crippen LogP contribution is 2.28. The van der Waals surface area contributed by atoms with Crippen molar-refractivity contribution in [3.8, 4) is 11.4 Å². The van der Waals surface area contributed by atoms with Crippen LogP contribution < -0.4 is 10.6 Å². The van der Waals surface area contributed by atoms with Gasteiger partial charge in [-0.2, -0.15) is 0 Å². The van der Waals surface area contributed by atoms with Gasteiger partial charge in [0.25, 0.3) is 5.91 Å². The van der Waals surface area contributed by atoms with E-state index in [1.807, 2.05) is 93.0 Å². The summed E-state index contributed by atoms with van der Waals surface area (Å²) < 4.78 is 1.87. The zero-order chi connectivity index (χ0) is 24.9. The van der Waals surface area contributed by atoms with E-state index in [1.165, 1.54) is 11.8 Å². The van der Waals surface area contributed by atoms with Crippen LogP contribution in [0.1, 0.15) is 28.4 Å². The van der Waals surface area contributed by atoms with Crippen molar-refractivity contribution in [3.05, 3.63) is 89.5 Å². The van der Waals surface area contributed by atoms with Crippen LogP contribution in [0.4, 0.5) is 11.4 Å². The van der Waals surface area contributed by atoms with Gasteiger partial charge in [-0.25, -0.2) is 0 Å². The number of anilines is 2. The summed E-state index contributed by atoms with van der Waals surface area (Å²) in [5, 5.41) is 14.8. The summed E-state index contributed by atoms with van der Waals surface area (Å²) in [5.41, 5.74) is 5.05. The smallest absolute Gasteiger partial charge is 0.255 e. The molecular formula is C27H27N5O2S. The first-order chi connectivity index (χ1) is 16.8. The lowest BCUT2D eigenvalue weighted by atomic mass is 10.1. The third-order valence-corrected chi connectivity index (χ3v) is 6.79. The van der Waals surface area contributed by atoms with Crippen LogP contribution in [-0.4, -0.2) is 31.8 Å². The van der Waals surface area contributed by atoms with Crippen LogP contribution in [0.3, 0.4) is 0 Å². The van der Waals surface area contributed by atoms with E-state index in [1.54, 1.807) is 12.1 Å². The number of aryl methyl sites for hydroxylation is 2. The quantitative estimate of drug-likeness (QED) is 0.339. The molecule has 0 aliphatic rings. The first kappa shape index (κ1) is 24.2. The largest absolute Gasteiger partial charge is 0.325 e. The molecule has 1 aromatic heterocycles. The normalized spacial score (nSPS) is 11.7. The van der Waals surface area contributed by atoms with E-state index in [-0.39, 0.29) is 17.1 Å². The van der Waals surface area contributed by atoms with Crippen molar-refractivity contribution in [1.82, 2.24) is 14.8 Å². The average molecular weight is 486 g/mol. The van der Waals surface area contributed by atoms with E-state index in [9.17, 15) is 9.59 Å². The summed E-state index contributed by atoms with van der Waals surface area (Å²) in [4.78, 5) is 25.2. The van der Waals surface area contributed by atoms with Gasteiger partial charge in [-0.3, -0.25) is 9.59 Å². The highest BCUT2D eigenvalue weighted by molar-refractivity contribution is 8.00. The predicted molar refractivity (Wildman–Crippen MR) is 141 cm³/mol. The molecule has 0 aliphatic heterocycles. The molecule has 1 unspecified atom stereocenters. The van der Waals surface area contributed by atoms with Gasteiger partial charge >= 0.3 is 0 Å². The second kappa shape index (κ2) is 10.6. The Bertz CT molecular complexity index is 1330. The van der Waals surface area contributed by atoms with Gasteiger partial charge < -0.3 is 15.2 Å². The zero-order valence-corrected chi connectivity index (χ0v) is 20.9. The van der Waals surface area contributed by atoms with Crippen LogP contribution in [0, 0.1) is 13.8 Å². The van der Waals surface area contributed by atoms with Crippen LogP contribution in [-0.2, 0) is 11.8 Å². The number of para-hydroxylation sites is 1. The second-order valence-corrected chi connectivity index (χ2v) is 9.59. The third-order valence-electron chi connectivity index (χ3n) is 5.65. The Balaban J connectivity index is 1.42. The zero-order valence-electron chi connectivity index (χ0n) is 20.1. The third kappa shape index (κ3) is 5.60. The molecule has 0 spiro atoms. The van der Waals surface area contributed by atoms with Crippen molar-refractivity contribution in [1.29, 1.82) is 0 Å². The van der Waals surface area contributed by atoms with Crippen LogP contribution in [0.2, 0.25) is 0 Å². The van der Waals surface area contributed by atoms with Crippen molar-refractivity contribution in [2.75, 3.05) is 10.6 Å². The number of thioether (sulfide) groups is 1. The standard InChI is InChI=1S/C27H27N5O2S/c1-17-9-8-10-18(2)23(17)29-25(33)19(3)35-27-31-30-24(32(27)4)20-13-15-22(16-14-20)28-26(34)21-11-6-5-7-12-21/h5-16,19H,1-4H3,(H,28,34)(H,29,33). The molecule has 0 saturated heterocycles. The molecule has 0 aliphatic carbocycles. The fourth-order valence-electron chi connectivity index (χ4n) is 3.61. The minimum absolute atomic E-state index is 0.0875. The van der Waals surface area contributed by atoms with Gasteiger partial charge in [-0.1, -0.05) is 48.2 Å². The minimum Gasteiger partial charge on any atom is -0.325 e. The average Bonchev–Trinajstić information content (AvgIpc) is 3.22. The molecule has 7 nitrogen and oxygen atoms in total. The summed E-state index contributed by atoms with van der Waals surface area (Å²) in [6, 6.07) is 22.4. The Morgan fingerprint density at radius 2 is 1.51 bits per heavy atom. The molecule has 0 fully saturated rings. The molecule has 0 saturated carbocycles. The summed E-state index contributed by atoms with van der Waals surface area (Å²) in [7, 11) is 1.87. The van der Waals surface area contributed by atoms with Crippen LogP contribution in [0.15, 0.2) is 78.0 Å². The molecule has 2 amide bonds. The molecular weight excluding hydrogens is 458 g/mol. The monoisotopic (exact) mass is 485 g/mol. The molecule has 0 bridgehead atoms. The maximum Gasteiger partial charge on any atom is 0.255 e.